The van der Waals surface area contributed by atoms with E-state index in [4.69, 9.17) is 0 Å². The number of carbonyl (C=O) groups is 1. The highest BCUT2D eigenvalue weighted by molar-refractivity contribution is 7.90. The third-order valence-corrected chi connectivity index (χ3v) is 4.08. The van der Waals surface area contributed by atoms with Gasteiger partial charge in [-0.2, -0.15) is 0 Å². The van der Waals surface area contributed by atoms with Gasteiger partial charge in [-0.05, 0) is 19.1 Å². The van der Waals surface area contributed by atoms with Crippen LogP contribution < -0.4 is 5.32 Å². The molecule has 0 saturated carbocycles. The second kappa shape index (κ2) is 4.85. The number of anilines is 1. The number of carbonyl (C=O) groups excluding carboxylic acids is 1. The maximum absolute atomic E-state index is 12.3. The Morgan fingerprint density at radius 3 is 2.47 bits per heavy atom. The van der Waals surface area contributed by atoms with Crippen molar-refractivity contribution in [1.29, 1.82) is 0 Å². The predicted octanol–water partition coefficient (Wildman–Crippen LogP) is 1.39. The molecule has 0 aliphatic carbocycles. The molecule has 1 heterocycles. The standard InChI is InChI=1S/C12H13N3O3S/c1-9-3-5-11(6-4-9)19(17,18)15-7-12(13-8-15)14-10(2)16/h3-8H,1-2H3,(H,14,16). The number of nitrogens with zero attached hydrogens (tertiary/aromatic N) is 2. The topological polar surface area (TPSA) is 81.1 Å². The number of hydrogen-bond acceptors (Lipinski definition) is 4. The van der Waals surface area contributed by atoms with E-state index in [-0.39, 0.29) is 16.6 Å². The van der Waals surface area contributed by atoms with Crippen molar-refractivity contribution in [2.75, 3.05) is 5.32 Å². The molecule has 100 valence electrons. The van der Waals surface area contributed by atoms with Crippen LogP contribution in [0, 0.1) is 6.92 Å². The zero-order chi connectivity index (χ0) is 14.0. The first-order valence-corrected chi connectivity index (χ1v) is 6.97. The van der Waals surface area contributed by atoms with Crippen molar-refractivity contribution in [1.82, 2.24) is 8.96 Å². The van der Waals surface area contributed by atoms with Gasteiger partial charge in [0.2, 0.25) is 5.91 Å². The molecule has 0 unspecified atom stereocenters. The fourth-order valence-electron chi connectivity index (χ4n) is 1.51. The molecule has 1 aromatic carbocycles. The molecule has 7 heteroatoms. The summed E-state index contributed by atoms with van der Waals surface area (Å²) in [6.07, 6.45) is 2.41. The van der Waals surface area contributed by atoms with Gasteiger partial charge in [-0.25, -0.2) is 17.4 Å². The number of imidazole rings is 1. The molecule has 0 saturated heterocycles. The molecule has 2 aromatic rings. The van der Waals surface area contributed by atoms with Gasteiger partial charge in [0.25, 0.3) is 10.0 Å². The Morgan fingerprint density at radius 2 is 1.89 bits per heavy atom. The van der Waals surface area contributed by atoms with Gasteiger partial charge in [-0.1, -0.05) is 17.7 Å². The summed E-state index contributed by atoms with van der Waals surface area (Å²) in [5.74, 6) is -0.110. The molecule has 0 spiro atoms. The summed E-state index contributed by atoms with van der Waals surface area (Å²) in [6, 6.07) is 6.50. The minimum Gasteiger partial charge on any atom is -0.310 e. The fraction of sp³-hybridized carbons (Fsp3) is 0.167. The summed E-state index contributed by atoms with van der Waals surface area (Å²) in [5, 5.41) is 2.42. The van der Waals surface area contributed by atoms with E-state index in [1.165, 1.54) is 25.3 Å². The van der Waals surface area contributed by atoms with E-state index < -0.39 is 10.0 Å². The monoisotopic (exact) mass is 279 g/mol. The first-order chi connectivity index (χ1) is 8.89. The molecule has 0 radical (unpaired) electrons. The largest absolute Gasteiger partial charge is 0.310 e. The summed E-state index contributed by atoms with van der Waals surface area (Å²) in [4.78, 5) is 14.9. The van der Waals surface area contributed by atoms with Crippen LogP contribution >= 0.6 is 0 Å². The lowest BCUT2D eigenvalue weighted by molar-refractivity contribution is -0.114. The zero-order valence-corrected chi connectivity index (χ0v) is 11.3. The average Bonchev–Trinajstić information content (AvgIpc) is 2.78. The molecule has 1 aromatic heterocycles. The molecule has 1 amide bonds. The molecule has 0 atom stereocenters. The Hall–Kier alpha value is -2.15. The SMILES string of the molecule is CC(=O)Nc1cn(S(=O)(=O)c2ccc(C)cc2)cn1. The first-order valence-electron chi connectivity index (χ1n) is 5.53. The Bertz CT molecular complexity index is 702. The van der Waals surface area contributed by atoms with Gasteiger partial charge in [0.15, 0.2) is 5.82 Å². The van der Waals surface area contributed by atoms with Crippen LogP contribution in [0.25, 0.3) is 0 Å². The Labute approximate surface area is 111 Å². The maximum atomic E-state index is 12.3. The van der Waals surface area contributed by atoms with Crippen LogP contribution in [0.2, 0.25) is 0 Å². The summed E-state index contributed by atoms with van der Waals surface area (Å²) >= 11 is 0. The fourth-order valence-corrected chi connectivity index (χ4v) is 2.65. The lowest BCUT2D eigenvalue weighted by Gasteiger charge is -2.04. The summed E-state index contributed by atoms with van der Waals surface area (Å²) in [5.41, 5.74) is 0.975. The van der Waals surface area contributed by atoms with Crippen molar-refractivity contribution in [2.45, 2.75) is 18.7 Å². The molecular weight excluding hydrogens is 266 g/mol. The van der Waals surface area contributed by atoms with Crippen molar-refractivity contribution in [3.63, 3.8) is 0 Å². The quantitative estimate of drug-likeness (QED) is 0.920. The van der Waals surface area contributed by atoms with Crippen LogP contribution in [-0.4, -0.2) is 23.3 Å². The molecule has 19 heavy (non-hydrogen) atoms. The highest BCUT2D eigenvalue weighted by atomic mass is 32.2. The number of amides is 1. The highest BCUT2D eigenvalue weighted by Gasteiger charge is 2.17. The molecule has 1 N–H and O–H groups in total. The van der Waals surface area contributed by atoms with Crippen molar-refractivity contribution in [3.05, 3.63) is 42.4 Å². The Balaban J connectivity index is 2.37. The second-order valence-corrected chi connectivity index (χ2v) is 5.93. The van der Waals surface area contributed by atoms with Gasteiger partial charge in [-0.3, -0.25) is 4.79 Å². The Kier molecular flexibility index (Phi) is 3.39. The van der Waals surface area contributed by atoms with Crippen LogP contribution in [0.3, 0.4) is 0 Å². The molecule has 2 rings (SSSR count). The van der Waals surface area contributed by atoms with E-state index >= 15 is 0 Å². The molecule has 0 aliphatic rings. The zero-order valence-electron chi connectivity index (χ0n) is 10.5. The summed E-state index contributed by atoms with van der Waals surface area (Å²) in [6.45, 7) is 3.20. The van der Waals surface area contributed by atoms with Gasteiger partial charge in [-0.15, -0.1) is 0 Å². The van der Waals surface area contributed by atoms with Crippen molar-refractivity contribution in [2.24, 2.45) is 0 Å². The van der Waals surface area contributed by atoms with E-state index in [9.17, 15) is 13.2 Å². The number of rotatable bonds is 3. The molecule has 6 nitrogen and oxygen atoms in total. The van der Waals surface area contributed by atoms with Gasteiger partial charge in [0, 0.05) is 6.92 Å². The van der Waals surface area contributed by atoms with Crippen LogP contribution in [-0.2, 0) is 14.8 Å². The maximum Gasteiger partial charge on any atom is 0.268 e. The van der Waals surface area contributed by atoms with Crippen molar-refractivity contribution in [3.8, 4) is 0 Å². The van der Waals surface area contributed by atoms with E-state index in [0.29, 0.717) is 0 Å². The van der Waals surface area contributed by atoms with Gasteiger partial charge >= 0.3 is 0 Å². The van der Waals surface area contributed by atoms with Gasteiger partial charge in [0.1, 0.15) is 6.33 Å². The van der Waals surface area contributed by atoms with E-state index in [2.05, 4.69) is 10.3 Å². The molecule has 0 aliphatic heterocycles. The lowest BCUT2D eigenvalue weighted by atomic mass is 10.2. The average molecular weight is 279 g/mol. The van der Waals surface area contributed by atoms with E-state index in [0.717, 1.165) is 15.9 Å². The van der Waals surface area contributed by atoms with Crippen LogP contribution in [0.15, 0.2) is 41.7 Å². The number of hydrogen-bond donors (Lipinski definition) is 1. The van der Waals surface area contributed by atoms with E-state index in [1.807, 2.05) is 6.92 Å². The van der Waals surface area contributed by atoms with Crippen molar-refractivity contribution >= 4 is 21.7 Å². The summed E-state index contributed by atoms with van der Waals surface area (Å²) in [7, 11) is -3.67. The molecular formula is C12H13N3O3S. The minimum atomic E-state index is -3.67. The number of aromatic nitrogens is 2. The van der Waals surface area contributed by atoms with E-state index in [1.54, 1.807) is 12.1 Å². The highest BCUT2D eigenvalue weighted by Crippen LogP contribution is 2.16. The second-order valence-electron chi connectivity index (χ2n) is 4.09. The number of benzene rings is 1. The first kappa shape index (κ1) is 13.3. The summed E-state index contributed by atoms with van der Waals surface area (Å²) < 4.78 is 25.5. The van der Waals surface area contributed by atoms with Crippen LogP contribution in [0.4, 0.5) is 5.82 Å². The number of nitrogens with one attached hydrogen (secondary N) is 1. The minimum absolute atomic E-state index is 0.171. The third-order valence-electron chi connectivity index (χ3n) is 2.46. The Morgan fingerprint density at radius 1 is 1.26 bits per heavy atom. The van der Waals surface area contributed by atoms with Crippen molar-refractivity contribution < 1.29 is 13.2 Å². The molecule has 0 bridgehead atoms. The third kappa shape index (κ3) is 2.82. The number of aryl methyl sites for hydroxylation is 1. The lowest BCUT2D eigenvalue weighted by Crippen LogP contribution is -2.11. The van der Waals surface area contributed by atoms with Crippen LogP contribution in [0.1, 0.15) is 12.5 Å². The van der Waals surface area contributed by atoms with Gasteiger partial charge < -0.3 is 5.32 Å². The van der Waals surface area contributed by atoms with Crippen LogP contribution in [0.5, 0.6) is 0 Å². The normalized spacial score (nSPS) is 11.3. The predicted molar refractivity (Wildman–Crippen MR) is 70.3 cm³/mol. The molecule has 0 fully saturated rings. The van der Waals surface area contributed by atoms with Gasteiger partial charge in [0.05, 0.1) is 11.1 Å². The smallest absolute Gasteiger partial charge is 0.268 e.